The van der Waals surface area contributed by atoms with Crippen LogP contribution in [-0.2, 0) is 6.54 Å². The fourth-order valence-corrected chi connectivity index (χ4v) is 2.29. The number of aromatic nitrogens is 3. The second-order valence-corrected chi connectivity index (χ2v) is 5.19. The molecule has 2 heterocycles. The highest BCUT2D eigenvalue weighted by molar-refractivity contribution is 5.93. The Morgan fingerprint density at radius 1 is 1.17 bits per heavy atom. The number of carbonyl (C=O) groups is 1. The van der Waals surface area contributed by atoms with Crippen LogP contribution in [0, 0.1) is 5.82 Å². The highest BCUT2D eigenvalue weighted by atomic mass is 19.1. The molecule has 0 aliphatic heterocycles. The van der Waals surface area contributed by atoms with Crippen molar-refractivity contribution in [1.82, 2.24) is 19.7 Å². The number of benzene rings is 1. The molecule has 0 atom stereocenters. The lowest BCUT2D eigenvalue weighted by Gasteiger charge is -2.06. The second-order valence-electron chi connectivity index (χ2n) is 5.19. The molecule has 0 bridgehead atoms. The van der Waals surface area contributed by atoms with Crippen LogP contribution in [0.25, 0.3) is 5.69 Å². The molecule has 0 aliphatic carbocycles. The van der Waals surface area contributed by atoms with Crippen LogP contribution in [-0.4, -0.2) is 27.3 Å². The normalized spacial score (nSPS) is 10.6. The summed E-state index contributed by atoms with van der Waals surface area (Å²) in [6.07, 6.45) is 3.23. The average Bonchev–Trinajstić information content (AvgIpc) is 3.05. The Kier molecular flexibility index (Phi) is 4.24. The molecule has 0 saturated heterocycles. The van der Waals surface area contributed by atoms with Crippen LogP contribution in [0.1, 0.15) is 16.1 Å². The molecule has 0 spiro atoms. The fraction of sp³-hybridized carbons (Fsp3) is 0.118. The summed E-state index contributed by atoms with van der Waals surface area (Å²) in [5.41, 5.74) is 1.54. The van der Waals surface area contributed by atoms with Crippen molar-refractivity contribution in [3.05, 3.63) is 82.3 Å². The average molecular weight is 326 g/mol. The van der Waals surface area contributed by atoms with E-state index >= 15 is 0 Å². The van der Waals surface area contributed by atoms with Gasteiger partial charge in [-0.3, -0.25) is 9.59 Å². The van der Waals surface area contributed by atoms with Gasteiger partial charge in [0.1, 0.15) is 5.82 Å². The minimum Gasteiger partial charge on any atom is -0.355 e. The number of carbonyl (C=O) groups excluding carboxylic acids is 1. The molecule has 0 fully saturated rings. The lowest BCUT2D eigenvalue weighted by Crippen LogP contribution is -2.24. The Balaban J connectivity index is 1.86. The molecule has 0 radical (unpaired) electrons. The predicted molar refractivity (Wildman–Crippen MR) is 86.7 cm³/mol. The van der Waals surface area contributed by atoms with Crippen LogP contribution in [0.15, 0.2) is 59.7 Å². The van der Waals surface area contributed by atoms with Gasteiger partial charge in [0.05, 0.1) is 23.5 Å². The zero-order valence-corrected chi connectivity index (χ0v) is 12.9. The number of hydrogen-bond acceptors (Lipinski definition) is 3. The molecule has 122 valence electrons. The van der Waals surface area contributed by atoms with Gasteiger partial charge in [0.25, 0.3) is 11.5 Å². The molecule has 2 aromatic heterocycles. The number of nitrogens with zero attached hydrogens (tertiary/aromatic N) is 3. The zero-order chi connectivity index (χ0) is 17.1. The molecule has 1 amide bonds. The number of halogens is 1. The molecule has 0 aliphatic rings. The molecule has 1 N–H and O–H groups in total. The van der Waals surface area contributed by atoms with Gasteiger partial charge in [-0.2, -0.15) is 5.10 Å². The van der Waals surface area contributed by atoms with Gasteiger partial charge in [0, 0.05) is 25.5 Å². The van der Waals surface area contributed by atoms with Crippen molar-refractivity contribution in [2.45, 2.75) is 6.54 Å². The maximum Gasteiger partial charge on any atom is 0.252 e. The van der Waals surface area contributed by atoms with E-state index in [2.05, 4.69) is 10.4 Å². The summed E-state index contributed by atoms with van der Waals surface area (Å²) >= 11 is 0. The van der Waals surface area contributed by atoms with Gasteiger partial charge in [-0.15, -0.1) is 0 Å². The van der Waals surface area contributed by atoms with Crippen molar-refractivity contribution < 1.29 is 9.18 Å². The fourth-order valence-electron chi connectivity index (χ4n) is 2.29. The van der Waals surface area contributed by atoms with E-state index in [0.29, 0.717) is 16.9 Å². The quantitative estimate of drug-likeness (QED) is 0.791. The Labute approximate surface area is 137 Å². The van der Waals surface area contributed by atoms with Crippen LogP contribution >= 0.6 is 0 Å². The molecular weight excluding hydrogens is 311 g/mol. The summed E-state index contributed by atoms with van der Waals surface area (Å²) in [5.74, 6) is -0.579. The van der Waals surface area contributed by atoms with Crippen molar-refractivity contribution >= 4 is 5.91 Å². The number of hydrogen-bond donors (Lipinski definition) is 1. The zero-order valence-electron chi connectivity index (χ0n) is 12.9. The summed E-state index contributed by atoms with van der Waals surface area (Å²) in [6.45, 7) is 0.234. The first-order valence-electron chi connectivity index (χ1n) is 7.30. The van der Waals surface area contributed by atoms with Crippen LogP contribution in [0.2, 0.25) is 0 Å². The lowest BCUT2D eigenvalue weighted by molar-refractivity contribution is 0.0962. The number of rotatable bonds is 4. The first-order valence-corrected chi connectivity index (χ1v) is 7.30. The summed E-state index contributed by atoms with van der Waals surface area (Å²) in [7, 11) is 1.53. The van der Waals surface area contributed by atoms with E-state index in [9.17, 15) is 14.0 Å². The van der Waals surface area contributed by atoms with Crippen LogP contribution in [0.3, 0.4) is 0 Å². The molecule has 0 unspecified atom stereocenters. The third kappa shape index (κ3) is 3.24. The van der Waals surface area contributed by atoms with Gasteiger partial charge in [-0.25, -0.2) is 9.07 Å². The third-order valence-corrected chi connectivity index (χ3v) is 3.54. The topological polar surface area (TPSA) is 68.9 Å². The van der Waals surface area contributed by atoms with Gasteiger partial charge >= 0.3 is 0 Å². The maximum atomic E-state index is 13.0. The van der Waals surface area contributed by atoms with Gasteiger partial charge in [0.15, 0.2) is 0 Å². The van der Waals surface area contributed by atoms with Crippen LogP contribution < -0.4 is 10.9 Å². The SMILES string of the molecule is CNC(=O)c1ccc(=O)n(Cc2ccn(-c3ccc(F)cc3)n2)c1. The minimum atomic E-state index is -0.316. The monoisotopic (exact) mass is 326 g/mol. The van der Waals surface area contributed by atoms with E-state index < -0.39 is 0 Å². The Hall–Kier alpha value is -3.22. The molecule has 6 nitrogen and oxygen atoms in total. The predicted octanol–water partition coefficient (Wildman–Crippen LogP) is 1.58. The molecule has 3 rings (SSSR count). The van der Waals surface area contributed by atoms with E-state index in [1.165, 1.54) is 42.1 Å². The Morgan fingerprint density at radius 2 is 1.92 bits per heavy atom. The van der Waals surface area contributed by atoms with E-state index in [1.54, 1.807) is 29.1 Å². The maximum absolute atomic E-state index is 13.0. The van der Waals surface area contributed by atoms with Crippen molar-refractivity contribution in [2.75, 3.05) is 7.05 Å². The second kappa shape index (κ2) is 6.49. The van der Waals surface area contributed by atoms with Crippen LogP contribution in [0.4, 0.5) is 4.39 Å². The first kappa shape index (κ1) is 15.7. The Bertz CT molecular complexity index is 928. The molecule has 1 aromatic carbocycles. The minimum absolute atomic E-state index is 0.223. The van der Waals surface area contributed by atoms with Crippen molar-refractivity contribution in [3.63, 3.8) is 0 Å². The summed E-state index contributed by atoms with van der Waals surface area (Å²) < 4.78 is 16.0. The largest absolute Gasteiger partial charge is 0.355 e. The number of pyridine rings is 1. The first-order chi connectivity index (χ1) is 11.6. The molecule has 3 aromatic rings. The van der Waals surface area contributed by atoms with E-state index in [-0.39, 0.29) is 23.8 Å². The highest BCUT2D eigenvalue weighted by Crippen LogP contribution is 2.09. The van der Waals surface area contributed by atoms with Gasteiger partial charge < -0.3 is 9.88 Å². The smallest absolute Gasteiger partial charge is 0.252 e. The molecular formula is C17H15FN4O2. The van der Waals surface area contributed by atoms with Gasteiger partial charge in [-0.1, -0.05) is 0 Å². The van der Waals surface area contributed by atoms with Crippen molar-refractivity contribution in [3.8, 4) is 5.69 Å². The number of nitrogens with one attached hydrogen (secondary N) is 1. The van der Waals surface area contributed by atoms with E-state index in [1.807, 2.05) is 0 Å². The highest BCUT2D eigenvalue weighted by Gasteiger charge is 2.08. The van der Waals surface area contributed by atoms with Gasteiger partial charge in [0.2, 0.25) is 0 Å². The third-order valence-electron chi connectivity index (χ3n) is 3.54. The van der Waals surface area contributed by atoms with Crippen molar-refractivity contribution in [2.24, 2.45) is 0 Å². The van der Waals surface area contributed by atoms with E-state index in [4.69, 9.17) is 0 Å². The van der Waals surface area contributed by atoms with E-state index in [0.717, 1.165) is 0 Å². The van der Waals surface area contributed by atoms with Crippen LogP contribution in [0.5, 0.6) is 0 Å². The summed E-state index contributed by atoms with van der Waals surface area (Å²) in [4.78, 5) is 23.6. The number of amides is 1. The molecule has 0 saturated carbocycles. The summed E-state index contributed by atoms with van der Waals surface area (Å²) in [5, 5.41) is 6.89. The van der Waals surface area contributed by atoms with Gasteiger partial charge in [-0.05, 0) is 36.4 Å². The lowest BCUT2D eigenvalue weighted by atomic mass is 10.2. The molecule has 24 heavy (non-hydrogen) atoms. The molecule has 7 heteroatoms. The Morgan fingerprint density at radius 3 is 2.62 bits per heavy atom. The summed E-state index contributed by atoms with van der Waals surface area (Å²) in [6, 6.07) is 10.5. The standard InChI is InChI=1S/C17H15FN4O2/c1-19-17(24)12-2-7-16(23)21(10-12)11-14-8-9-22(20-14)15-5-3-13(18)4-6-15/h2-10H,11H2,1H3,(H,19,24). The van der Waals surface area contributed by atoms with Crippen molar-refractivity contribution in [1.29, 1.82) is 0 Å².